The number of amidine groups is 1. The molecule has 0 amide bonds. The molecule has 0 aliphatic heterocycles. The second-order valence-electron chi connectivity index (χ2n) is 4.06. The van der Waals surface area contributed by atoms with Crippen LogP contribution in [0, 0.1) is 6.92 Å². The molecule has 0 saturated heterocycles. The molecule has 1 heterocycles. The lowest BCUT2D eigenvalue weighted by Gasteiger charge is -2.13. The Bertz CT molecular complexity index is 618. The molecule has 3 nitrogen and oxygen atoms in total. The number of aliphatic imine (C=N–C) groups is 1. The summed E-state index contributed by atoms with van der Waals surface area (Å²) in [4.78, 5) is 8.06. The van der Waals surface area contributed by atoms with Crippen LogP contribution in [0.25, 0.3) is 0 Å². The second kappa shape index (κ2) is 5.62. The lowest BCUT2D eigenvalue weighted by atomic mass is 10.0. The Morgan fingerprint density at radius 3 is 2.65 bits per heavy atom. The van der Waals surface area contributed by atoms with Crippen LogP contribution in [0.1, 0.15) is 16.7 Å². The Morgan fingerprint density at radius 2 is 2.10 bits per heavy atom. The molecule has 0 atom stereocenters. The average Bonchev–Trinajstić information content (AvgIpc) is 2.88. The van der Waals surface area contributed by atoms with E-state index in [1.54, 1.807) is 18.5 Å². The van der Waals surface area contributed by atoms with Crippen LogP contribution in [0.5, 0.6) is 0 Å². The molecule has 0 radical (unpaired) electrons. The van der Waals surface area contributed by atoms with Crippen LogP contribution in [0.2, 0.25) is 0 Å². The number of aromatic nitrogens is 1. The van der Waals surface area contributed by atoms with Crippen molar-refractivity contribution in [1.82, 2.24) is 4.98 Å². The fraction of sp³-hybridized carbons (Fsp3) is 0.231. The van der Waals surface area contributed by atoms with Crippen molar-refractivity contribution < 1.29 is 13.2 Å². The number of benzene rings is 1. The van der Waals surface area contributed by atoms with Crippen LogP contribution in [0.15, 0.2) is 34.8 Å². The first-order valence-electron chi connectivity index (χ1n) is 5.73. The van der Waals surface area contributed by atoms with E-state index >= 15 is 0 Å². The van der Waals surface area contributed by atoms with Gasteiger partial charge in [0, 0.05) is 24.2 Å². The molecule has 0 aliphatic rings. The Balaban J connectivity index is 2.39. The lowest BCUT2D eigenvalue weighted by Crippen LogP contribution is -2.16. The highest BCUT2D eigenvalue weighted by Crippen LogP contribution is 2.30. The predicted molar refractivity (Wildman–Crippen MR) is 74.4 cm³/mol. The first-order valence-corrected chi connectivity index (χ1v) is 6.61. The van der Waals surface area contributed by atoms with Gasteiger partial charge in [-0.3, -0.25) is 4.99 Å². The third kappa shape index (κ3) is 3.16. The van der Waals surface area contributed by atoms with Gasteiger partial charge in [-0.05, 0) is 24.6 Å². The quantitative estimate of drug-likeness (QED) is 0.673. The zero-order valence-corrected chi connectivity index (χ0v) is 11.6. The van der Waals surface area contributed by atoms with E-state index < -0.39 is 11.7 Å². The summed E-state index contributed by atoms with van der Waals surface area (Å²) in [6, 6.07) is 3.60. The van der Waals surface area contributed by atoms with Gasteiger partial charge in [0.2, 0.25) is 0 Å². The minimum Gasteiger partial charge on any atom is -0.316 e. The number of nitrogens with zero attached hydrogens (tertiary/aromatic N) is 2. The van der Waals surface area contributed by atoms with E-state index in [9.17, 15) is 13.2 Å². The Labute approximate surface area is 118 Å². The number of alkyl halides is 3. The number of anilines is 1. The second-order valence-corrected chi connectivity index (χ2v) is 4.96. The molecule has 2 aromatic rings. The maximum absolute atomic E-state index is 12.8. The van der Waals surface area contributed by atoms with E-state index in [2.05, 4.69) is 15.3 Å². The van der Waals surface area contributed by atoms with Crippen LogP contribution in [-0.4, -0.2) is 17.9 Å². The number of thiazole rings is 1. The summed E-state index contributed by atoms with van der Waals surface area (Å²) in [7, 11) is 1.52. The smallest absolute Gasteiger partial charge is 0.316 e. The molecule has 0 fully saturated rings. The van der Waals surface area contributed by atoms with Gasteiger partial charge in [0.1, 0.15) is 5.84 Å². The number of hydrogen-bond donors (Lipinski definition) is 1. The zero-order chi connectivity index (χ0) is 14.8. The molecule has 1 aromatic carbocycles. The van der Waals surface area contributed by atoms with E-state index in [4.69, 9.17) is 0 Å². The third-order valence-corrected chi connectivity index (χ3v) is 3.39. The monoisotopic (exact) mass is 299 g/mol. The Kier molecular flexibility index (Phi) is 4.08. The molecular weight excluding hydrogens is 287 g/mol. The number of hydrogen-bond acceptors (Lipinski definition) is 3. The van der Waals surface area contributed by atoms with Gasteiger partial charge in [0.05, 0.1) is 5.56 Å². The van der Waals surface area contributed by atoms with Crippen LogP contribution < -0.4 is 5.32 Å². The largest absolute Gasteiger partial charge is 0.416 e. The van der Waals surface area contributed by atoms with Crippen molar-refractivity contribution in [2.24, 2.45) is 4.99 Å². The van der Waals surface area contributed by atoms with Crippen molar-refractivity contribution in [1.29, 1.82) is 0 Å². The van der Waals surface area contributed by atoms with Crippen molar-refractivity contribution in [3.05, 3.63) is 46.5 Å². The maximum atomic E-state index is 12.8. The minimum absolute atomic E-state index is 0.364. The highest BCUT2D eigenvalue weighted by Gasteiger charge is 2.31. The Morgan fingerprint density at radius 1 is 1.35 bits per heavy atom. The summed E-state index contributed by atoms with van der Waals surface area (Å²) in [6.07, 6.45) is -2.76. The van der Waals surface area contributed by atoms with Gasteiger partial charge in [-0.25, -0.2) is 4.98 Å². The summed E-state index contributed by atoms with van der Waals surface area (Å²) >= 11 is 1.35. The van der Waals surface area contributed by atoms with E-state index in [1.165, 1.54) is 24.5 Å². The number of aryl methyl sites for hydroxylation is 1. The van der Waals surface area contributed by atoms with Crippen molar-refractivity contribution >= 4 is 22.3 Å². The summed E-state index contributed by atoms with van der Waals surface area (Å²) < 4.78 is 38.3. The minimum atomic E-state index is -4.37. The maximum Gasteiger partial charge on any atom is 0.416 e. The first-order chi connectivity index (χ1) is 9.41. The van der Waals surface area contributed by atoms with Crippen LogP contribution in [0.3, 0.4) is 0 Å². The molecule has 0 bridgehead atoms. The summed E-state index contributed by atoms with van der Waals surface area (Å²) in [5.41, 5.74) is 0.431. The highest BCUT2D eigenvalue weighted by molar-refractivity contribution is 7.13. The number of nitrogens with one attached hydrogen (secondary N) is 1. The first kappa shape index (κ1) is 14.5. The van der Waals surface area contributed by atoms with E-state index in [0.717, 1.165) is 12.1 Å². The fourth-order valence-corrected chi connectivity index (χ4v) is 2.21. The van der Waals surface area contributed by atoms with Crippen LogP contribution in [0.4, 0.5) is 18.3 Å². The van der Waals surface area contributed by atoms with Gasteiger partial charge < -0.3 is 5.32 Å². The summed E-state index contributed by atoms with van der Waals surface area (Å²) in [6.45, 7) is 1.74. The van der Waals surface area contributed by atoms with Crippen molar-refractivity contribution in [3.63, 3.8) is 0 Å². The molecule has 106 valence electrons. The molecule has 20 heavy (non-hydrogen) atoms. The van der Waals surface area contributed by atoms with Gasteiger partial charge in [-0.2, -0.15) is 13.2 Å². The van der Waals surface area contributed by atoms with E-state index in [0.29, 0.717) is 22.1 Å². The van der Waals surface area contributed by atoms with Crippen molar-refractivity contribution in [2.75, 3.05) is 12.4 Å². The zero-order valence-electron chi connectivity index (χ0n) is 10.8. The predicted octanol–water partition coefficient (Wildman–Crippen LogP) is 3.96. The lowest BCUT2D eigenvalue weighted by molar-refractivity contribution is -0.137. The van der Waals surface area contributed by atoms with Crippen molar-refractivity contribution in [2.45, 2.75) is 13.1 Å². The SMILES string of the molecule is CN=C(Nc1nccs1)c1cc(C(F)(F)F)ccc1C. The molecule has 0 aliphatic carbocycles. The van der Waals surface area contributed by atoms with E-state index in [1.807, 2.05) is 0 Å². The third-order valence-electron chi connectivity index (χ3n) is 2.70. The molecule has 1 N–H and O–H groups in total. The highest BCUT2D eigenvalue weighted by atomic mass is 32.1. The average molecular weight is 299 g/mol. The summed E-state index contributed by atoms with van der Waals surface area (Å²) in [5, 5.41) is 5.29. The number of halogens is 3. The van der Waals surface area contributed by atoms with E-state index in [-0.39, 0.29) is 0 Å². The standard InChI is InChI=1S/C13H12F3N3S/c1-8-3-4-9(13(14,15)16)7-10(8)11(17-2)19-12-18-5-6-20-12/h3-7H,1-2H3,(H,17,18,19). The molecule has 1 aromatic heterocycles. The van der Waals surface area contributed by atoms with Crippen molar-refractivity contribution in [3.8, 4) is 0 Å². The number of rotatable bonds is 2. The normalized spacial score (nSPS) is 12.6. The van der Waals surface area contributed by atoms with Gasteiger partial charge in [0.25, 0.3) is 0 Å². The summed E-state index contributed by atoms with van der Waals surface area (Å²) in [5.74, 6) is 0.364. The molecule has 7 heteroatoms. The molecule has 0 saturated carbocycles. The topological polar surface area (TPSA) is 37.3 Å². The molecule has 0 spiro atoms. The fourth-order valence-electron chi connectivity index (χ4n) is 1.68. The van der Waals surface area contributed by atoms with Gasteiger partial charge in [-0.1, -0.05) is 6.07 Å². The Hall–Kier alpha value is -1.89. The van der Waals surface area contributed by atoms with Crippen LogP contribution in [-0.2, 0) is 6.18 Å². The van der Waals surface area contributed by atoms with Gasteiger partial charge in [0.15, 0.2) is 5.13 Å². The molecule has 0 unspecified atom stereocenters. The molecular formula is C13H12F3N3S. The van der Waals surface area contributed by atoms with Gasteiger partial charge in [-0.15, -0.1) is 11.3 Å². The van der Waals surface area contributed by atoms with Gasteiger partial charge >= 0.3 is 6.18 Å². The van der Waals surface area contributed by atoms with Crippen LogP contribution >= 0.6 is 11.3 Å². The molecule has 2 rings (SSSR count).